The molecule has 1 unspecified atom stereocenters. The Hall–Kier alpha value is -0.120. The first-order valence-corrected chi connectivity index (χ1v) is 7.11. The lowest BCUT2D eigenvalue weighted by Crippen LogP contribution is -1.83. The van der Waals surface area contributed by atoms with Crippen LogP contribution in [0.25, 0.3) is 0 Å². The van der Waals surface area contributed by atoms with Crippen LogP contribution in [0.15, 0.2) is 0 Å². The van der Waals surface area contributed by atoms with Gasteiger partial charge in [0.1, 0.15) is 0 Å². The normalized spacial score (nSPS) is 19.6. The van der Waals surface area contributed by atoms with Crippen LogP contribution in [-0.2, 0) is 9.47 Å². The molecule has 2 rings (SSSR count). The van der Waals surface area contributed by atoms with Crippen molar-refractivity contribution in [3.8, 4) is 0 Å². The lowest BCUT2D eigenvalue weighted by atomic mass is 10.1. The number of hydrogen-bond acceptors (Lipinski definition) is 3. The van der Waals surface area contributed by atoms with Gasteiger partial charge in [-0.25, -0.2) is 0 Å². The molecule has 2 saturated heterocycles. The van der Waals surface area contributed by atoms with Gasteiger partial charge in [-0.15, -0.1) is 0 Å². The van der Waals surface area contributed by atoms with E-state index in [0.717, 1.165) is 26.2 Å². The maximum Gasteiger partial charge on any atom is 0.0781 e. The van der Waals surface area contributed by atoms with Crippen LogP contribution in [0.1, 0.15) is 58.8 Å². The Labute approximate surface area is 107 Å². The van der Waals surface area contributed by atoms with Gasteiger partial charge in [0, 0.05) is 6.61 Å². The van der Waals surface area contributed by atoms with Crippen molar-refractivity contribution in [1.29, 1.82) is 0 Å². The molecule has 0 bridgehead atoms. The van der Waals surface area contributed by atoms with Gasteiger partial charge in [0.25, 0.3) is 0 Å². The minimum Gasteiger partial charge on any atom is -0.396 e. The van der Waals surface area contributed by atoms with Crippen LogP contribution in [-0.4, -0.2) is 37.6 Å². The van der Waals surface area contributed by atoms with Crippen molar-refractivity contribution in [2.24, 2.45) is 0 Å². The molecule has 2 aliphatic heterocycles. The van der Waals surface area contributed by atoms with E-state index in [1.165, 1.54) is 38.5 Å². The molecule has 0 aromatic heterocycles. The summed E-state index contributed by atoms with van der Waals surface area (Å²) in [6, 6.07) is 0. The van der Waals surface area contributed by atoms with Gasteiger partial charge in [-0.05, 0) is 13.3 Å². The molecule has 3 nitrogen and oxygen atoms in total. The molecule has 2 aliphatic rings. The van der Waals surface area contributed by atoms with Crippen molar-refractivity contribution >= 4 is 0 Å². The van der Waals surface area contributed by atoms with E-state index in [2.05, 4.69) is 18.6 Å². The smallest absolute Gasteiger partial charge is 0.0781 e. The number of hydrogen-bond donors (Lipinski definition) is 1. The SMILES string of the molecule is C1CO1.CC1CO1.CCCCCCCCCO. The van der Waals surface area contributed by atoms with Gasteiger partial charge in [-0.3, -0.25) is 0 Å². The second kappa shape index (κ2) is 13.9. The van der Waals surface area contributed by atoms with Crippen LogP contribution >= 0.6 is 0 Å². The first kappa shape index (κ1) is 16.9. The Morgan fingerprint density at radius 1 is 1.00 bits per heavy atom. The summed E-state index contributed by atoms with van der Waals surface area (Å²) < 4.78 is 9.21. The Morgan fingerprint density at radius 2 is 1.41 bits per heavy atom. The summed E-state index contributed by atoms with van der Waals surface area (Å²) >= 11 is 0. The Bertz CT molecular complexity index is 123. The summed E-state index contributed by atoms with van der Waals surface area (Å²) in [5.41, 5.74) is 0. The summed E-state index contributed by atoms with van der Waals surface area (Å²) in [6.07, 6.45) is 9.52. The highest BCUT2D eigenvalue weighted by Crippen LogP contribution is 2.06. The zero-order chi connectivity index (χ0) is 12.8. The molecule has 0 spiro atoms. The number of unbranched alkanes of at least 4 members (excludes halogenated alkanes) is 6. The lowest BCUT2D eigenvalue weighted by Gasteiger charge is -1.97. The van der Waals surface area contributed by atoms with Crippen LogP contribution in [0.3, 0.4) is 0 Å². The van der Waals surface area contributed by atoms with E-state index in [9.17, 15) is 0 Å². The largest absolute Gasteiger partial charge is 0.396 e. The fourth-order valence-corrected chi connectivity index (χ4v) is 1.17. The molecule has 0 saturated carbocycles. The van der Waals surface area contributed by atoms with Crippen molar-refractivity contribution in [1.82, 2.24) is 0 Å². The molecule has 2 fully saturated rings. The first-order valence-electron chi connectivity index (χ1n) is 7.11. The number of aliphatic hydroxyl groups is 1. The summed E-state index contributed by atoms with van der Waals surface area (Å²) in [5, 5.41) is 8.47. The third-order valence-corrected chi connectivity index (χ3v) is 2.47. The summed E-state index contributed by atoms with van der Waals surface area (Å²) in [4.78, 5) is 0. The minimum absolute atomic E-state index is 0.369. The van der Waals surface area contributed by atoms with Gasteiger partial charge in [-0.1, -0.05) is 45.4 Å². The van der Waals surface area contributed by atoms with E-state index in [4.69, 9.17) is 9.84 Å². The van der Waals surface area contributed by atoms with Gasteiger partial charge >= 0.3 is 0 Å². The zero-order valence-electron chi connectivity index (χ0n) is 11.6. The Balaban J connectivity index is 0.000000289. The van der Waals surface area contributed by atoms with Crippen LogP contribution in [0.4, 0.5) is 0 Å². The van der Waals surface area contributed by atoms with E-state index in [0.29, 0.717) is 12.7 Å². The predicted octanol–water partition coefficient (Wildman–Crippen LogP) is 3.15. The second-order valence-corrected chi connectivity index (χ2v) is 4.60. The molecule has 3 heteroatoms. The Morgan fingerprint density at radius 3 is 1.71 bits per heavy atom. The fourth-order valence-electron chi connectivity index (χ4n) is 1.17. The molecule has 1 N–H and O–H groups in total. The average Bonchev–Trinajstić information content (AvgIpc) is 3.16. The van der Waals surface area contributed by atoms with Crippen molar-refractivity contribution < 1.29 is 14.6 Å². The van der Waals surface area contributed by atoms with Crippen molar-refractivity contribution in [2.45, 2.75) is 64.9 Å². The third-order valence-electron chi connectivity index (χ3n) is 2.47. The first-order chi connectivity index (χ1) is 8.31. The molecule has 2 heterocycles. The second-order valence-electron chi connectivity index (χ2n) is 4.60. The van der Waals surface area contributed by atoms with Gasteiger partial charge in [-0.2, -0.15) is 0 Å². The minimum atomic E-state index is 0.369. The lowest BCUT2D eigenvalue weighted by molar-refractivity contribution is 0.282. The number of epoxide rings is 2. The van der Waals surface area contributed by atoms with Gasteiger partial charge < -0.3 is 14.6 Å². The highest BCUT2D eigenvalue weighted by Gasteiger charge is 2.13. The summed E-state index contributed by atoms with van der Waals surface area (Å²) in [7, 11) is 0. The topological polar surface area (TPSA) is 45.3 Å². The van der Waals surface area contributed by atoms with Crippen molar-refractivity contribution in [3.05, 3.63) is 0 Å². The molecular weight excluding hydrogens is 216 g/mol. The average molecular weight is 246 g/mol. The van der Waals surface area contributed by atoms with Crippen LogP contribution in [0.5, 0.6) is 0 Å². The molecule has 104 valence electrons. The molecule has 0 amide bonds. The molecule has 17 heavy (non-hydrogen) atoms. The third kappa shape index (κ3) is 25.8. The van der Waals surface area contributed by atoms with E-state index >= 15 is 0 Å². The van der Waals surface area contributed by atoms with E-state index < -0.39 is 0 Å². The Kier molecular flexibility index (Phi) is 13.8. The fraction of sp³-hybridized carbons (Fsp3) is 1.00. The highest BCUT2D eigenvalue weighted by molar-refractivity contribution is 4.58. The van der Waals surface area contributed by atoms with Crippen LogP contribution in [0.2, 0.25) is 0 Å². The molecule has 0 radical (unpaired) electrons. The van der Waals surface area contributed by atoms with Crippen LogP contribution in [0, 0.1) is 0 Å². The molecule has 0 aliphatic carbocycles. The quantitative estimate of drug-likeness (QED) is 0.554. The van der Waals surface area contributed by atoms with Crippen molar-refractivity contribution in [2.75, 3.05) is 26.4 Å². The number of aliphatic hydroxyl groups excluding tert-OH is 1. The highest BCUT2D eigenvalue weighted by atomic mass is 16.6. The van der Waals surface area contributed by atoms with E-state index in [-0.39, 0.29) is 0 Å². The van der Waals surface area contributed by atoms with E-state index in [1.807, 2.05) is 0 Å². The van der Waals surface area contributed by atoms with Crippen molar-refractivity contribution in [3.63, 3.8) is 0 Å². The monoisotopic (exact) mass is 246 g/mol. The number of rotatable bonds is 7. The number of ether oxygens (including phenoxy) is 2. The van der Waals surface area contributed by atoms with Gasteiger partial charge in [0.05, 0.1) is 25.9 Å². The summed E-state index contributed by atoms with van der Waals surface area (Å²) in [5.74, 6) is 0. The summed E-state index contributed by atoms with van der Waals surface area (Å²) in [6.45, 7) is 7.64. The molecular formula is C14H30O3. The zero-order valence-corrected chi connectivity index (χ0v) is 11.6. The van der Waals surface area contributed by atoms with Gasteiger partial charge in [0.15, 0.2) is 0 Å². The maximum absolute atomic E-state index is 8.47. The molecule has 0 aromatic carbocycles. The van der Waals surface area contributed by atoms with E-state index in [1.54, 1.807) is 0 Å². The maximum atomic E-state index is 8.47. The molecule has 1 atom stereocenters. The standard InChI is InChI=1S/C9H20O.C3H6O.C2H4O/c1-2-3-4-5-6-7-8-9-10;1-3-2-4-3;1-2-3-1/h10H,2-9H2,1H3;3H,2H2,1H3;1-2H2. The van der Waals surface area contributed by atoms with Gasteiger partial charge in [0.2, 0.25) is 0 Å². The predicted molar refractivity (Wildman–Crippen MR) is 71.3 cm³/mol. The van der Waals surface area contributed by atoms with Crippen LogP contribution < -0.4 is 0 Å². The molecule has 0 aromatic rings.